The summed E-state index contributed by atoms with van der Waals surface area (Å²) in [4.78, 5) is 38.9. The molecular weight excluding hydrogens is 299 g/mol. The van der Waals surface area contributed by atoms with Crippen LogP contribution in [-0.2, 0) is 14.4 Å². The Balaban J connectivity index is -0.000000165. The molecule has 11 nitrogen and oxygen atoms in total. The molecule has 0 saturated carbocycles. The number of hydrogen-bond donors (Lipinski definition) is 5. The summed E-state index contributed by atoms with van der Waals surface area (Å²) in [6, 6.07) is 0. The Kier molecular flexibility index (Phi) is 17.3. The zero-order valence-electron chi connectivity index (χ0n) is 9.69. The van der Waals surface area contributed by atoms with Gasteiger partial charge in [-0.05, 0) is 0 Å². The largest absolute Gasteiger partial charge is 1.00 e. The molecule has 0 fully saturated rings. The van der Waals surface area contributed by atoms with Gasteiger partial charge in [-0.2, -0.15) is 0 Å². The maximum Gasteiger partial charge on any atom is 1.00 e. The topological polar surface area (TPSA) is 224 Å². The molecule has 0 atom stereocenters. The van der Waals surface area contributed by atoms with Crippen molar-refractivity contribution in [1.82, 2.24) is 0 Å². The first-order chi connectivity index (χ1) is 7.51. The molecule has 0 bridgehead atoms. The molecular formula is C7H11KO11. The van der Waals surface area contributed by atoms with Crippen LogP contribution in [0.25, 0.3) is 0 Å². The van der Waals surface area contributed by atoms with Crippen LogP contribution in [0.5, 0.6) is 0 Å². The molecule has 0 aliphatic heterocycles. The molecule has 12 heteroatoms. The second-order valence-corrected chi connectivity index (χ2v) is 2.74. The zero-order chi connectivity index (χ0) is 14.2. The van der Waals surface area contributed by atoms with Crippen molar-refractivity contribution in [2.45, 2.75) is 18.4 Å². The Bertz CT molecular complexity index is 305. The summed E-state index contributed by atoms with van der Waals surface area (Å²) in [5.74, 6) is -5.02. The summed E-state index contributed by atoms with van der Waals surface area (Å²) >= 11 is 0. The fourth-order valence-corrected chi connectivity index (χ4v) is 0.714. The van der Waals surface area contributed by atoms with E-state index in [1.54, 1.807) is 0 Å². The maximum absolute atomic E-state index is 10.3. The van der Waals surface area contributed by atoms with Crippen LogP contribution < -0.4 is 56.5 Å². The van der Waals surface area contributed by atoms with Crippen molar-refractivity contribution in [3.05, 3.63) is 0 Å². The van der Waals surface area contributed by atoms with E-state index in [4.69, 9.17) is 35.4 Å². The first-order valence-corrected chi connectivity index (χ1v) is 3.80. The van der Waals surface area contributed by atoms with Crippen molar-refractivity contribution < 1.29 is 107 Å². The van der Waals surface area contributed by atoms with Gasteiger partial charge in [0, 0.05) is 0 Å². The standard InChI is InChI=1S/C6H8O7.CH2O3.K.H2O/c7-3(8)1-6(13,5(11)12)2-4(9)10;2-1(3)4;;/h13H,1-2H2,(H,7,8)(H,9,10)(H,11,12);(H2,2,3,4);;1H2/q;;+1;/p-1. The van der Waals surface area contributed by atoms with E-state index >= 15 is 0 Å². The molecule has 106 valence electrons. The van der Waals surface area contributed by atoms with Crippen LogP contribution in [0, 0.1) is 0 Å². The van der Waals surface area contributed by atoms with Gasteiger partial charge in [0.2, 0.25) is 6.16 Å². The van der Waals surface area contributed by atoms with Crippen LogP contribution in [0.1, 0.15) is 12.8 Å². The van der Waals surface area contributed by atoms with E-state index in [0.717, 1.165) is 0 Å². The predicted molar refractivity (Wildman–Crippen MR) is 48.7 cm³/mol. The van der Waals surface area contributed by atoms with Crippen LogP contribution in [0.15, 0.2) is 0 Å². The molecule has 0 spiro atoms. The summed E-state index contributed by atoms with van der Waals surface area (Å²) in [6.07, 6.45) is -4.37. The Labute approximate surface area is 148 Å². The van der Waals surface area contributed by atoms with Gasteiger partial charge in [-0.25, -0.2) is 4.79 Å². The molecule has 0 radical (unpaired) electrons. The quantitative estimate of drug-likeness (QED) is 0.302. The summed E-state index contributed by atoms with van der Waals surface area (Å²) in [6.45, 7) is 0. The number of aliphatic hydroxyl groups is 1. The SMILES string of the molecule is O.O=C(O)CC(O)(CC(=O)O)C(=O)O.O=C([O-])O.[K+]. The number of carboxylic acids is 3. The summed E-state index contributed by atoms with van der Waals surface area (Å²) in [7, 11) is 0. The number of rotatable bonds is 5. The molecule has 0 heterocycles. The van der Waals surface area contributed by atoms with E-state index in [1.807, 2.05) is 0 Å². The Morgan fingerprint density at radius 1 is 0.895 bits per heavy atom. The first kappa shape index (κ1) is 26.7. The summed E-state index contributed by atoms with van der Waals surface area (Å²) < 4.78 is 0. The van der Waals surface area contributed by atoms with E-state index in [1.165, 1.54) is 0 Å². The number of hydrogen-bond acceptors (Lipinski definition) is 6. The van der Waals surface area contributed by atoms with Crippen molar-refractivity contribution in [3.63, 3.8) is 0 Å². The number of aliphatic carboxylic acids is 3. The van der Waals surface area contributed by atoms with Gasteiger partial charge >= 0.3 is 69.3 Å². The molecule has 0 amide bonds. The molecule has 0 aromatic heterocycles. The zero-order valence-corrected chi connectivity index (χ0v) is 12.8. The van der Waals surface area contributed by atoms with Gasteiger partial charge in [0.05, 0.1) is 12.8 Å². The van der Waals surface area contributed by atoms with Crippen LogP contribution >= 0.6 is 0 Å². The van der Waals surface area contributed by atoms with Crippen molar-refractivity contribution in [1.29, 1.82) is 0 Å². The van der Waals surface area contributed by atoms with E-state index < -0.39 is 42.5 Å². The predicted octanol–water partition coefficient (Wildman–Crippen LogP) is -6.18. The molecule has 0 rings (SSSR count). The van der Waals surface area contributed by atoms with E-state index in [-0.39, 0.29) is 56.9 Å². The Morgan fingerprint density at radius 3 is 1.21 bits per heavy atom. The van der Waals surface area contributed by atoms with Gasteiger partial charge in [0.15, 0.2) is 5.60 Å². The van der Waals surface area contributed by atoms with Gasteiger partial charge in [0.1, 0.15) is 0 Å². The van der Waals surface area contributed by atoms with Crippen LogP contribution in [0.4, 0.5) is 4.79 Å². The van der Waals surface area contributed by atoms with Gasteiger partial charge < -0.3 is 40.9 Å². The average molecular weight is 310 g/mol. The minimum absolute atomic E-state index is 0. The normalized spacial score (nSPS) is 8.68. The van der Waals surface area contributed by atoms with Gasteiger partial charge in [0.25, 0.3) is 0 Å². The third-order valence-electron chi connectivity index (χ3n) is 1.29. The Morgan fingerprint density at radius 2 is 1.11 bits per heavy atom. The number of carbonyl (C=O) groups is 4. The van der Waals surface area contributed by atoms with Crippen LogP contribution in [0.3, 0.4) is 0 Å². The fourth-order valence-electron chi connectivity index (χ4n) is 0.714. The Hall–Kier alpha value is -0.764. The molecule has 0 saturated heterocycles. The maximum atomic E-state index is 10.3. The summed E-state index contributed by atoms with van der Waals surface area (Å²) in [5, 5.41) is 49.1. The third-order valence-corrected chi connectivity index (χ3v) is 1.29. The minimum Gasteiger partial charge on any atom is -0.565 e. The van der Waals surface area contributed by atoms with E-state index in [9.17, 15) is 14.4 Å². The molecule has 7 N–H and O–H groups in total. The van der Waals surface area contributed by atoms with Crippen molar-refractivity contribution in [2.24, 2.45) is 0 Å². The van der Waals surface area contributed by atoms with Crippen LogP contribution in [0.2, 0.25) is 0 Å². The van der Waals surface area contributed by atoms with Gasteiger partial charge in [-0.15, -0.1) is 0 Å². The minimum atomic E-state index is -2.74. The van der Waals surface area contributed by atoms with Gasteiger partial charge in [-0.3, -0.25) is 9.59 Å². The molecule has 0 aromatic carbocycles. The second kappa shape index (κ2) is 12.3. The van der Waals surface area contributed by atoms with E-state index in [0.29, 0.717) is 0 Å². The second-order valence-electron chi connectivity index (χ2n) is 2.74. The van der Waals surface area contributed by atoms with Crippen molar-refractivity contribution in [2.75, 3.05) is 0 Å². The van der Waals surface area contributed by atoms with Crippen LogP contribution in [-0.4, -0.2) is 60.7 Å². The number of carboxylic acid groups (broad SMARTS) is 5. The smallest absolute Gasteiger partial charge is 0.565 e. The molecule has 0 aliphatic carbocycles. The third kappa shape index (κ3) is 17.2. The van der Waals surface area contributed by atoms with Crippen molar-refractivity contribution in [3.8, 4) is 0 Å². The first-order valence-electron chi connectivity index (χ1n) is 3.80. The monoisotopic (exact) mass is 310 g/mol. The van der Waals surface area contributed by atoms with Gasteiger partial charge in [-0.1, -0.05) is 0 Å². The van der Waals surface area contributed by atoms with E-state index in [2.05, 4.69) is 0 Å². The molecule has 0 aliphatic rings. The molecule has 19 heavy (non-hydrogen) atoms. The average Bonchev–Trinajstić information content (AvgIpc) is 1.98. The molecule has 0 aromatic rings. The van der Waals surface area contributed by atoms with Crippen molar-refractivity contribution >= 4 is 24.1 Å². The summed E-state index contributed by atoms with van der Waals surface area (Å²) in [5.41, 5.74) is -2.74. The fraction of sp³-hybridized carbons (Fsp3) is 0.429. The molecule has 0 unspecified atom stereocenters.